The van der Waals surface area contributed by atoms with E-state index >= 15 is 0 Å². The molecule has 1 fully saturated rings. The summed E-state index contributed by atoms with van der Waals surface area (Å²) in [6.45, 7) is 0. The number of carbonyl (C=O) groups excluding carboxylic acids is 2. The minimum absolute atomic E-state index is 0.129. The molecule has 0 aromatic heterocycles. The summed E-state index contributed by atoms with van der Waals surface area (Å²) in [6, 6.07) is 18.4. The Hall–Kier alpha value is -2.42. The molecule has 0 saturated heterocycles. The van der Waals surface area contributed by atoms with Gasteiger partial charge >= 0.3 is 0 Å². The van der Waals surface area contributed by atoms with Crippen molar-refractivity contribution in [3.8, 4) is 0 Å². The average molecular weight is 293 g/mol. The van der Waals surface area contributed by atoms with Gasteiger partial charge in [-0.15, -0.1) is 0 Å². The van der Waals surface area contributed by atoms with Crippen molar-refractivity contribution in [3.63, 3.8) is 0 Å². The topological polar surface area (TPSA) is 46.2 Å². The molecule has 3 rings (SSSR count). The SMILES string of the molecule is O=C(NC(Cc1ccccc1)C(=O)C1CC1)c1ccccc1. The van der Waals surface area contributed by atoms with Gasteiger partial charge in [-0.25, -0.2) is 0 Å². The van der Waals surface area contributed by atoms with Gasteiger partial charge in [0.1, 0.15) is 0 Å². The van der Waals surface area contributed by atoms with Crippen molar-refractivity contribution < 1.29 is 9.59 Å². The summed E-state index contributed by atoms with van der Waals surface area (Å²) in [6.07, 6.45) is 2.45. The number of ketones is 1. The third-order valence-corrected chi connectivity index (χ3v) is 3.95. The summed E-state index contributed by atoms with van der Waals surface area (Å²) in [5, 5.41) is 2.91. The highest BCUT2D eigenvalue weighted by molar-refractivity contribution is 5.98. The summed E-state index contributed by atoms with van der Waals surface area (Å²) in [5.74, 6) is 0.105. The second-order valence-electron chi connectivity index (χ2n) is 5.76. The Balaban J connectivity index is 1.73. The number of carbonyl (C=O) groups is 2. The van der Waals surface area contributed by atoms with Crippen molar-refractivity contribution in [2.24, 2.45) is 5.92 Å². The van der Waals surface area contributed by atoms with Gasteiger partial charge < -0.3 is 5.32 Å². The molecule has 1 N–H and O–H groups in total. The molecule has 3 heteroatoms. The molecule has 0 bridgehead atoms. The first-order valence-corrected chi connectivity index (χ1v) is 7.67. The van der Waals surface area contributed by atoms with Gasteiger partial charge in [0.2, 0.25) is 0 Å². The van der Waals surface area contributed by atoms with Crippen LogP contribution in [0, 0.1) is 5.92 Å². The predicted octanol–water partition coefficient (Wildman–Crippen LogP) is 3.01. The van der Waals surface area contributed by atoms with Crippen molar-refractivity contribution in [3.05, 3.63) is 71.8 Å². The number of hydrogen-bond donors (Lipinski definition) is 1. The molecule has 0 radical (unpaired) electrons. The fraction of sp³-hybridized carbons (Fsp3) is 0.263. The Morgan fingerprint density at radius 1 is 0.955 bits per heavy atom. The minimum atomic E-state index is -0.442. The zero-order valence-corrected chi connectivity index (χ0v) is 12.4. The standard InChI is InChI=1S/C19H19NO2/c21-18(15-11-12-15)17(13-14-7-3-1-4-8-14)20-19(22)16-9-5-2-6-10-16/h1-10,15,17H,11-13H2,(H,20,22). The van der Waals surface area contributed by atoms with E-state index in [1.807, 2.05) is 48.5 Å². The third-order valence-electron chi connectivity index (χ3n) is 3.95. The highest BCUT2D eigenvalue weighted by Crippen LogP contribution is 2.31. The second-order valence-corrected chi connectivity index (χ2v) is 5.76. The van der Waals surface area contributed by atoms with E-state index in [1.165, 1.54) is 0 Å². The first kappa shape index (κ1) is 14.5. The first-order chi connectivity index (χ1) is 10.7. The highest BCUT2D eigenvalue weighted by atomic mass is 16.2. The molecule has 0 heterocycles. The van der Waals surface area contributed by atoms with Gasteiger partial charge in [-0.2, -0.15) is 0 Å². The Bertz CT molecular complexity index is 648. The largest absolute Gasteiger partial charge is 0.342 e. The minimum Gasteiger partial charge on any atom is -0.342 e. The number of hydrogen-bond acceptors (Lipinski definition) is 2. The summed E-state index contributed by atoms with van der Waals surface area (Å²) < 4.78 is 0. The molecule has 0 spiro atoms. The van der Waals surface area contributed by atoms with Crippen LogP contribution in [0.25, 0.3) is 0 Å². The summed E-state index contributed by atoms with van der Waals surface area (Å²) in [5.41, 5.74) is 1.65. The van der Waals surface area contributed by atoms with Gasteiger partial charge in [-0.1, -0.05) is 48.5 Å². The molecule has 112 valence electrons. The van der Waals surface area contributed by atoms with Gasteiger partial charge in [0, 0.05) is 11.5 Å². The number of nitrogens with one attached hydrogen (secondary N) is 1. The maximum Gasteiger partial charge on any atom is 0.251 e. The monoisotopic (exact) mass is 293 g/mol. The summed E-state index contributed by atoms with van der Waals surface area (Å²) in [4.78, 5) is 24.8. The van der Waals surface area contributed by atoms with Gasteiger partial charge in [0.15, 0.2) is 5.78 Å². The molecule has 1 saturated carbocycles. The molecule has 1 atom stereocenters. The highest BCUT2D eigenvalue weighted by Gasteiger charge is 2.35. The van der Waals surface area contributed by atoms with Crippen LogP contribution in [-0.4, -0.2) is 17.7 Å². The lowest BCUT2D eigenvalue weighted by atomic mass is 9.99. The zero-order valence-electron chi connectivity index (χ0n) is 12.4. The quantitative estimate of drug-likeness (QED) is 0.890. The number of benzene rings is 2. The van der Waals surface area contributed by atoms with Crippen molar-refractivity contribution in [2.45, 2.75) is 25.3 Å². The van der Waals surface area contributed by atoms with Crippen LogP contribution in [-0.2, 0) is 11.2 Å². The molecule has 1 aliphatic rings. The van der Waals surface area contributed by atoms with Gasteiger partial charge in [0.25, 0.3) is 5.91 Å². The van der Waals surface area contributed by atoms with Crippen LogP contribution in [0.2, 0.25) is 0 Å². The Morgan fingerprint density at radius 3 is 2.14 bits per heavy atom. The van der Waals surface area contributed by atoms with Crippen LogP contribution in [0.5, 0.6) is 0 Å². The Morgan fingerprint density at radius 2 is 1.55 bits per heavy atom. The van der Waals surface area contributed by atoms with Crippen molar-refractivity contribution in [2.75, 3.05) is 0 Å². The third kappa shape index (κ3) is 3.61. The van der Waals surface area contributed by atoms with E-state index in [-0.39, 0.29) is 17.6 Å². The zero-order chi connectivity index (χ0) is 15.4. The molecule has 2 aromatic carbocycles. The molecule has 22 heavy (non-hydrogen) atoms. The lowest BCUT2D eigenvalue weighted by Gasteiger charge is -2.18. The van der Waals surface area contributed by atoms with Gasteiger partial charge in [-0.05, 0) is 37.0 Å². The average Bonchev–Trinajstić information content (AvgIpc) is 3.40. The molecular formula is C19H19NO2. The molecule has 0 aliphatic heterocycles. The van der Waals surface area contributed by atoms with E-state index in [9.17, 15) is 9.59 Å². The maximum absolute atomic E-state index is 12.5. The fourth-order valence-electron chi connectivity index (χ4n) is 2.56. The summed E-state index contributed by atoms with van der Waals surface area (Å²) >= 11 is 0. The normalized spacial score (nSPS) is 15.1. The van der Waals surface area contributed by atoms with Crippen molar-refractivity contribution >= 4 is 11.7 Å². The molecule has 1 amide bonds. The van der Waals surface area contributed by atoms with Crippen LogP contribution in [0.1, 0.15) is 28.8 Å². The van der Waals surface area contributed by atoms with E-state index in [1.54, 1.807) is 12.1 Å². The number of Topliss-reactive ketones (excluding diaryl/α,β-unsaturated/α-hetero) is 1. The molecule has 1 unspecified atom stereocenters. The fourth-order valence-corrected chi connectivity index (χ4v) is 2.56. The van der Waals surface area contributed by atoms with Crippen LogP contribution in [0.4, 0.5) is 0 Å². The maximum atomic E-state index is 12.5. The number of amides is 1. The van der Waals surface area contributed by atoms with Gasteiger partial charge in [0.05, 0.1) is 6.04 Å². The Labute approximate surface area is 130 Å². The molecule has 2 aromatic rings. The van der Waals surface area contributed by atoms with Crippen LogP contribution < -0.4 is 5.32 Å². The molecular weight excluding hydrogens is 274 g/mol. The number of rotatable bonds is 6. The molecule has 1 aliphatic carbocycles. The van der Waals surface area contributed by atoms with Crippen LogP contribution in [0.3, 0.4) is 0 Å². The Kier molecular flexibility index (Phi) is 4.33. The van der Waals surface area contributed by atoms with E-state index in [0.717, 1.165) is 18.4 Å². The van der Waals surface area contributed by atoms with Crippen LogP contribution >= 0.6 is 0 Å². The van der Waals surface area contributed by atoms with E-state index in [4.69, 9.17) is 0 Å². The predicted molar refractivity (Wildman–Crippen MR) is 85.6 cm³/mol. The van der Waals surface area contributed by atoms with Crippen molar-refractivity contribution in [1.29, 1.82) is 0 Å². The smallest absolute Gasteiger partial charge is 0.251 e. The first-order valence-electron chi connectivity index (χ1n) is 7.67. The summed E-state index contributed by atoms with van der Waals surface area (Å²) in [7, 11) is 0. The van der Waals surface area contributed by atoms with E-state index in [0.29, 0.717) is 12.0 Å². The van der Waals surface area contributed by atoms with E-state index < -0.39 is 6.04 Å². The van der Waals surface area contributed by atoms with Crippen molar-refractivity contribution in [1.82, 2.24) is 5.32 Å². The van der Waals surface area contributed by atoms with E-state index in [2.05, 4.69) is 5.32 Å². The van der Waals surface area contributed by atoms with Gasteiger partial charge in [-0.3, -0.25) is 9.59 Å². The lowest BCUT2D eigenvalue weighted by molar-refractivity contribution is -0.122. The molecule has 3 nitrogen and oxygen atoms in total. The second kappa shape index (κ2) is 6.56. The van der Waals surface area contributed by atoms with Crippen LogP contribution in [0.15, 0.2) is 60.7 Å². The lowest BCUT2D eigenvalue weighted by Crippen LogP contribution is -2.43.